The molecule has 1 aliphatic rings. The first-order valence-corrected chi connectivity index (χ1v) is 8.84. The van der Waals surface area contributed by atoms with Crippen molar-refractivity contribution in [2.24, 2.45) is 0 Å². The molecule has 1 saturated heterocycles. The highest BCUT2D eigenvalue weighted by atomic mass is 79.9. The average molecular weight is 390 g/mol. The van der Waals surface area contributed by atoms with Crippen LogP contribution < -0.4 is 4.74 Å². The van der Waals surface area contributed by atoms with Crippen molar-refractivity contribution in [3.8, 4) is 5.88 Å². The first-order chi connectivity index (χ1) is 11.5. The average Bonchev–Trinajstić information content (AvgIpc) is 2.53. The number of aromatic nitrogens is 2. The number of carbonyl (C=O) groups excluding carboxylic acids is 1. The smallest absolute Gasteiger partial charge is 0.254 e. The molecule has 1 atom stereocenters. The summed E-state index contributed by atoms with van der Waals surface area (Å²) in [5.74, 6) is 1.32. The molecule has 126 valence electrons. The Bertz CT molecular complexity index is 731. The minimum atomic E-state index is -0.0384. The zero-order valence-electron chi connectivity index (χ0n) is 13.8. The van der Waals surface area contributed by atoms with Gasteiger partial charge in [-0.05, 0) is 44.9 Å². The number of hydrogen-bond donors (Lipinski definition) is 0. The molecule has 0 radical (unpaired) electrons. The highest BCUT2D eigenvalue weighted by molar-refractivity contribution is 9.10. The van der Waals surface area contributed by atoms with Crippen LogP contribution in [0.2, 0.25) is 0 Å². The van der Waals surface area contributed by atoms with Gasteiger partial charge in [-0.3, -0.25) is 4.79 Å². The summed E-state index contributed by atoms with van der Waals surface area (Å²) in [6.07, 6.45) is 1.81. The minimum absolute atomic E-state index is 0.0384. The molecular weight excluding hydrogens is 370 g/mol. The van der Waals surface area contributed by atoms with Gasteiger partial charge in [0.25, 0.3) is 5.91 Å². The molecule has 1 fully saturated rings. The fraction of sp³-hybridized carbons (Fsp3) is 0.389. The van der Waals surface area contributed by atoms with Crippen molar-refractivity contribution in [2.45, 2.75) is 32.8 Å². The van der Waals surface area contributed by atoms with E-state index in [1.807, 2.05) is 49.1 Å². The number of nitrogens with zero attached hydrogens (tertiary/aromatic N) is 3. The van der Waals surface area contributed by atoms with Crippen LogP contribution in [0.1, 0.15) is 34.7 Å². The van der Waals surface area contributed by atoms with E-state index in [2.05, 4.69) is 25.9 Å². The van der Waals surface area contributed by atoms with E-state index in [1.165, 1.54) is 0 Å². The number of carbonyl (C=O) groups is 1. The highest BCUT2D eigenvalue weighted by Crippen LogP contribution is 2.20. The monoisotopic (exact) mass is 389 g/mol. The molecule has 0 bridgehead atoms. The zero-order valence-corrected chi connectivity index (χ0v) is 15.4. The predicted molar refractivity (Wildman–Crippen MR) is 95.2 cm³/mol. The molecule has 6 heteroatoms. The highest BCUT2D eigenvalue weighted by Gasteiger charge is 2.26. The van der Waals surface area contributed by atoms with Crippen LogP contribution in [-0.2, 0) is 0 Å². The van der Waals surface area contributed by atoms with Gasteiger partial charge in [0.2, 0.25) is 5.88 Å². The minimum Gasteiger partial charge on any atom is -0.472 e. The zero-order chi connectivity index (χ0) is 17.1. The maximum absolute atomic E-state index is 12.7. The van der Waals surface area contributed by atoms with E-state index < -0.39 is 0 Å². The second-order valence-corrected chi connectivity index (χ2v) is 6.95. The maximum atomic E-state index is 12.7. The molecular formula is C18H20BrN3O2. The Morgan fingerprint density at radius 1 is 1.29 bits per heavy atom. The number of halogens is 1. The number of amides is 1. The molecule has 2 aromatic rings. The summed E-state index contributed by atoms with van der Waals surface area (Å²) in [7, 11) is 0. The Morgan fingerprint density at radius 2 is 2.12 bits per heavy atom. The molecule has 1 aliphatic heterocycles. The van der Waals surface area contributed by atoms with Gasteiger partial charge in [-0.1, -0.05) is 22.0 Å². The number of hydrogen-bond acceptors (Lipinski definition) is 4. The molecule has 1 amide bonds. The van der Waals surface area contributed by atoms with Gasteiger partial charge in [0.05, 0.1) is 6.54 Å². The van der Waals surface area contributed by atoms with Gasteiger partial charge in [0.15, 0.2) is 0 Å². The van der Waals surface area contributed by atoms with Crippen LogP contribution in [0.3, 0.4) is 0 Å². The van der Waals surface area contributed by atoms with E-state index in [-0.39, 0.29) is 12.0 Å². The second-order valence-electron chi connectivity index (χ2n) is 6.04. The van der Waals surface area contributed by atoms with Crippen LogP contribution in [0.5, 0.6) is 5.88 Å². The Kier molecular flexibility index (Phi) is 5.14. The molecule has 1 aromatic carbocycles. The third-order valence-electron chi connectivity index (χ3n) is 3.97. The number of benzene rings is 1. The van der Waals surface area contributed by atoms with E-state index in [4.69, 9.17) is 4.74 Å². The summed E-state index contributed by atoms with van der Waals surface area (Å²) in [6.45, 7) is 5.11. The van der Waals surface area contributed by atoms with E-state index in [1.54, 1.807) is 0 Å². The van der Waals surface area contributed by atoms with Crippen molar-refractivity contribution in [1.82, 2.24) is 14.9 Å². The topological polar surface area (TPSA) is 55.3 Å². The SMILES string of the molecule is Cc1cc(O[C@@H]2CCCN(C(=O)c3cccc(Br)c3)C2)nc(C)n1. The lowest BCUT2D eigenvalue weighted by Crippen LogP contribution is -2.44. The molecule has 1 aromatic heterocycles. The van der Waals surface area contributed by atoms with E-state index in [0.29, 0.717) is 23.8 Å². The fourth-order valence-corrected chi connectivity index (χ4v) is 3.34. The molecule has 0 aliphatic carbocycles. The van der Waals surface area contributed by atoms with Crippen molar-refractivity contribution >= 4 is 21.8 Å². The normalized spacial score (nSPS) is 17.6. The summed E-state index contributed by atoms with van der Waals surface area (Å²) in [6, 6.07) is 9.32. The van der Waals surface area contributed by atoms with Crippen molar-refractivity contribution < 1.29 is 9.53 Å². The molecule has 0 N–H and O–H groups in total. The van der Waals surface area contributed by atoms with Crippen LogP contribution >= 0.6 is 15.9 Å². The summed E-state index contributed by atoms with van der Waals surface area (Å²) < 4.78 is 6.91. The summed E-state index contributed by atoms with van der Waals surface area (Å²) in [4.78, 5) is 23.1. The Balaban J connectivity index is 1.69. The van der Waals surface area contributed by atoms with Gasteiger partial charge in [-0.25, -0.2) is 4.98 Å². The largest absolute Gasteiger partial charge is 0.472 e. The van der Waals surface area contributed by atoms with Gasteiger partial charge in [0.1, 0.15) is 11.9 Å². The molecule has 5 nitrogen and oxygen atoms in total. The third kappa shape index (κ3) is 4.12. The Hall–Kier alpha value is -1.95. The van der Waals surface area contributed by atoms with E-state index >= 15 is 0 Å². The first kappa shape index (κ1) is 16.9. The van der Waals surface area contributed by atoms with Crippen LogP contribution in [0.25, 0.3) is 0 Å². The lowest BCUT2D eigenvalue weighted by molar-refractivity contribution is 0.0526. The Labute approximate surface area is 150 Å². The molecule has 0 spiro atoms. The molecule has 24 heavy (non-hydrogen) atoms. The van der Waals surface area contributed by atoms with E-state index in [0.717, 1.165) is 29.6 Å². The summed E-state index contributed by atoms with van der Waals surface area (Å²) in [5.41, 5.74) is 1.58. The van der Waals surface area contributed by atoms with Crippen LogP contribution in [0.15, 0.2) is 34.8 Å². The third-order valence-corrected chi connectivity index (χ3v) is 4.46. The lowest BCUT2D eigenvalue weighted by atomic mass is 10.1. The Morgan fingerprint density at radius 3 is 2.88 bits per heavy atom. The van der Waals surface area contributed by atoms with Gasteiger partial charge in [-0.15, -0.1) is 0 Å². The predicted octanol–water partition coefficient (Wildman–Crippen LogP) is 3.54. The maximum Gasteiger partial charge on any atom is 0.254 e. The molecule has 0 saturated carbocycles. The fourth-order valence-electron chi connectivity index (χ4n) is 2.94. The van der Waals surface area contributed by atoms with Crippen molar-refractivity contribution in [2.75, 3.05) is 13.1 Å². The van der Waals surface area contributed by atoms with Crippen molar-refractivity contribution in [3.63, 3.8) is 0 Å². The summed E-state index contributed by atoms with van der Waals surface area (Å²) in [5, 5.41) is 0. The molecule has 0 unspecified atom stereocenters. The van der Waals surface area contributed by atoms with Crippen molar-refractivity contribution in [3.05, 3.63) is 51.9 Å². The number of rotatable bonds is 3. The number of aryl methyl sites for hydroxylation is 2. The quantitative estimate of drug-likeness (QED) is 0.805. The number of piperidine rings is 1. The first-order valence-electron chi connectivity index (χ1n) is 8.05. The number of likely N-dealkylation sites (tertiary alicyclic amines) is 1. The molecule has 2 heterocycles. The van der Waals surface area contributed by atoms with E-state index in [9.17, 15) is 4.79 Å². The van der Waals surface area contributed by atoms with Crippen molar-refractivity contribution in [1.29, 1.82) is 0 Å². The van der Waals surface area contributed by atoms with Gasteiger partial charge >= 0.3 is 0 Å². The van der Waals surface area contributed by atoms with Crippen LogP contribution in [0, 0.1) is 13.8 Å². The standard InChI is InChI=1S/C18H20BrN3O2/c1-12-9-17(21-13(2)20-12)24-16-7-4-8-22(11-16)18(23)14-5-3-6-15(19)10-14/h3,5-6,9-10,16H,4,7-8,11H2,1-2H3/t16-/m1/s1. The second kappa shape index (κ2) is 7.30. The summed E-state index contributed by atoms with van der Waals surface area (Å²) >= 11 is 3.41. The van der Waals surface area contributed by atoms with Gasteiger partial charge in [-0.2, -0.15) is 4.98 Å². The van der Waals surface area contributed by atoms with Gasteiger partial charge < -0.3 is 9.64 Å². The molecule has 3 rings (SSSR count). The number of ether oxygens (including phenoxy) is 1. The van der Waals surface area contributed by atoms with Crippen LogP contribution in [-0.4, -0.2) is 40.0 Å². The van der Waals surface area contributed by atoms with Gasteiger partial charge in [0, 0.05) is 28.3 Å². The van der Waals surface area contributed by atoms with Crippen LogP contribution in [0.4, 0.5) is 0 Å². The lowest BCUT2D eigenvalue weighted by Gasteiger charge is -2.32.